The lowest BCUT2D eigenvalue weighted by Gasteiger charge is -2.12. The number of rotatable bonds is 6. The summed E-state index contributed by atoms with van der Waals surface area (Å²) in [4.78, 5) is 32.3. The Labute approximate surface area is 179 Å². The molecule has 0 aliphatic carbocycles. The van der Waals surface area contributed by atoms with Crippen LogP contribution in [-0.4, -0.2) is 50.0 Å². The lowest BCUT2D eigenvalue weighted by Crippen LogP contribution is -2.37. The molecule has 3 aromatic rings. The number of aliphatic imine (C=N–C) groups is 1. The molecule has 8 nitrogen and oxygen atoms in total. The summed E-state index contributed by atoms with van der Waals surface area (Å²) in [5.74, 6) is -0.685. The second-order valence-electron chi connectivity index (χ2n) is 6.77. The number of carboxylic acid groups (broad SMARTS) is 1. The van der Waals surface area contributed by atoms with Gasteiger partial charge in [0.1, 0.15) is 15.8 Å². The third kappa shape index (κ3) is 4.45. The van der Waals surface area contributed by atoms with E-state index >= 15 is 0 Å². The van der Waals surface area contributed by atoms with Crippen LogP contribution in [0.5, 0.6) is 5.75 Å². The van der Waals surface area contributed by atoms with Gasteiger partial charge in [-0.25, -0.2) is 9.78 Å². The van der Waals surface area contributed by atoms with Gasteiger partial charge in [0.2, 0.25) is 5.91 Å². The van der Waals surface area contributed by atoms with Gasteiger partial charge in [0.05, 0.1) is 16.3 Å². The van der Waals surface area contributed by atoms with Crippen LogP contribution in [0.2, 0.25) is 0 Å². The highest BCUT2D eigenvalue weighted by Gasteiger charge is 2.27. The fourth-order valence-electron chi connectivity index (χ4n) is 2.92. The van der Waals surface area contributed by atoms with Crippen LogP contribution in [0.3, 0.4) is 0 Å². The van der Waals surface area contributed by atoms with E-state index in [1.165, 1.54) is 23.1 Å². The first kappa shape index (κ1) is 20.3. The molecule has 10 heteroatoms. The highest BCUT2D eigenvalue weighted by atomic mass is 32.2. The van der Waals surface area contributed by atoms with Crippen LogP contribution in [0.25, 0.3) is 10.2 Å². The van der Waals surface area contributed by atoms with E-state index in [4.69, 9.17) is 10.8 Å². The number of phenols is 1. The average molecular weight is 443 g/mol. The Morgan fingerprint density at radius 2 is 2.00 bits per heavy atom. The number of thiazole rings is 1. The molecule has 4 rings (SSSR count). The van der Waals surface area contributed by atoms with Gasteiger partial charge >= 0.3 is 5.97 Å². The van der Waals surface area contributed by atoms with Crippen molar-refractivity contribution in [2.45, 2.75) is 18.5 Å². The Morgan fingerprint density at radius 3 is 2.70 bits per heavy atom. The van der Waals surface area contributed by atoms with E-state index in [-0.39, 0.29) is 11.7 Å². The van der Waals surface area contributed by atoms with Gasteiger partial charge in [-0.2, -0.15) is 0 Å². The van der Waals surface area contributed by atoms with Gasteiger partial charge in [-0.15, -0.1) is 23.1 Å². The van der Waals surface area contributed by atoms with E-state index in [2.05, 4.69) is 15.3 Å². The number of nitrogens with zero attached hydrogens (tertiary/aromatic N) is 2. The normalized spacial score (nSPS) is 17.0. The van der Waals surface area contributed by atoms with Crippen molar-refractivity contribution in [1.82, 2.24) is 4.98 Å². The number of carbonyl (C=O) groups is 2. The largest absolute Gasteiger partial charge is 0.508 e. The minimum Gasteiger partial charge on any atom is -0.508 e. The minimum atomic E-state index is -0.938. The lowest BCUT2D eigenvalue weighted by molar-refractivity contribution is -0.137. The summed E-state index contributed by atoms with van der Waals surface area (Å²) in [6.07, 6.45) is 0.348. The molecule has 2 heterocycles. The minimum absolute atomic E-state index is 0.162. The van der Waals surface area contributed by atoms with Gasteiger partial charge in [0.15, 0.2) is 6.04 Å². The molecule has 0 bridgehead atoms. The van der Waals surface area contributed by atoms with Crippen molar-refractivity contribution >= 4 is 55.9 Å². The number of anilines is 1. The van der Waals surface area contributed by atoms with E-state index in [9.17, 15) is 14.7 Å². The third-order valence-electron chi connectivity index (χ3n) is 4.50. The molecule has 154 valence electrons. The molecule has 5 N–H and O–H groups in total. The Hall–Kier alpha value is -2.95. The number of benzene rings is 2. The van der Waals surface area contributed by atoms with Crippen LogP contribution in [-0.2, 0) is 16.0 Å². The first-order valence-corrected chi connectivity index (χ1v) is 10.9. The number of hydrogen-bond donors (Lipinski definition) is 4. The monoisotopic (exact) mass is 442 g/mol. The molecular weight excluding hydrogens is 424 g/mol. The Kier molecular flexibility index (Phi) is 5.71. The van der Waals surface area contributed by atoms with Gasteiger partial charge in [0, 0.05) is 11.4 Å². The number of carboxylic acids is 1. The Bertz CT molecular complexity index is 1140. The molecule has 1 amide bonds. The van der Waals surface area contributed by atoms with Crippen LogP contribution in [0.4, 0.5) is 5.69 Å². The number of amides is 1. The predicted molar refractivity (Wildman–Crippen MR) is 118 cm³/mol. The molecule has 0 saturated heterocycles. The molecule has 1 aliphatic rings. The number of nitrogens with two attached hydrogens (primary N) is 1. The summed E-state index contributed by atoms with van der Waals surface area (Å²) in [5.41, 5.74) is 8.23. The quantitative estimate of drug-likeness (QED) is 0.460. The molecule has 1 aromatic heterocycles. The number of thioether (sulfide) groups is 1. The number of hydrogen-bond acceptors (Lipinski definition) is 8. The maximum Gasteiger partial charge on any atom is 0.329 e. The summed E-state index contributed by atoms with van der Waals surface area (Å²) >= 11 is 2.78. The highest BCUT2D eigenvalue weighted by molar-refractivity contribution is 8.15. The van der Waals surface area contributed by atoms with Crippen molar-refractivity contribution < 1.29 is 19.8 Å². The van der Waals surface area contributed by atoms with Crippen LogP contribution >= 0.6 is 23.1 Å². The molecule has 0 spiro atoms. The first-order valence-electron chi connectivity index (χ1n) is 9.08. The molecule has 0 saturated carbocycles. The topological polar surface area (TPSA) is 138 Å². The predicted octanol–water partition coefficient (Wildman–Crippen LogP) is 2.46. The zero-order valence-electron chi connectivity index (χ0n) is 15.6. The number of nitrogens with one attached hydrogen (secondary N) is 1. The summed E-state index contributed by atoms with van der Waals surface area (Å²) in [5, 5.41) is 22.6. The highest BCUT2D eigenvalue weighted by Crippen LogP contribution is 2.31. The standard InChI is InChI=1S/C20H18N4O4S2/c21-13(7-10-1-4-12(25)5-2-10)17(26)22-11-3-6-14-16(8-11)30-19(23-14)18-24-15(9-29-18)20(27)28/h1-6,8,13,15,25H,7,9,21H2,(H,22,26)(H,27,28). The number of aliphatic carboxylic acids is 1. The van der Waals surface area contributed by atoms with Crippen molar-refractivity contribution in [3.05, 3.63) is 53.0 Å². The molecule has 2 aromatic carbocycles. The van der Waals surface area contributed by atoms with Crippen LogP contribution < -0.4 is 11.1 Å². The van der Waals surface area contributed by atoms with Crippen molar-refractivity contribution in [3.63, 3.8) is 0 Å². The number of aromatic hydroxyl groups is 1. The molecule has 0 fully saturated rings. The smallest absolute Gasteiger partial charge is 0.329 e. The number of fused-ring (bicyclic) bond motifs is 1. The van der Waals surface area contributed by atoms with Crippen LogP contribution in [0.1, 0.15) is 10.6 Å². The molecule has 2 atom stereocenters. The average Bonchev–Trinajstić information content (AvgIpc) is 3.36. The molecule has 2 unspecified atom stereocenters. The summed E-state index contributed by atoms with van der Waals surface area (Å²) in [6.45, 7) is 0. The Balaban J connectivity index is 1.45. The number of carbonyl (C=O) groups excluding carboxylic acids is 1. The molecule has 30 heavy (non-hydrogen) atoms. The lowest BCUT2D eigenvalue weighted by atomic mass is 10.1. The second kappa shape index (κ2) is 8.42. The molecule has 0 radical (unpaired) electrons. The van der Waals surface area contributed by atoms with Crippen molar-refractivity contribution in [3.8, 4) is 5.75 Å². The van der Waals surface area contributed by atoms with Crippen LogP contribution in [0.15, 0.2) is 47.5 Å². The van der Waals surface area contributed by atoms with E-state index in [1.54, 1.807) is 36.4 Å². The fraction of sp³-hybridized carbons (Fsp3) is 0.200. The maximum atomic E-state index is 12.5. The fourth-order valence-corrected chi connectivity index (χ4v) is 5.03. The summed E-state index contributed by atoms with van der Waals surface area (Å²) < 4.78 is 0.858. The van der Waals surface area contributed by atoms with E-state index in [1.807, 2.05) is 6.07 Å². The van der Waals surface area contributed by atoms with E-state index in [0.717, 1.165) is 15.8 Å². The van der Waals surface area contributed by atoms with E-state index < -0.39 is 18.1 Å². The SMILES string of the molecule is NC(Cc1ccc(O)cc1)C(=O)Nc1ccc2nc(C3=NC(C(=O)O)CS3)sc2c1. The Morgan fingerprint density at radius 1 is 1.23 bits per heavy atom. The summed E-state index contributed by atoms with van der Waals surface area (Å²) in [6, 6.07) is 10.5. The maximum absolute atomic E-state index is 12.5. The number of phenolic OH excluding ortho intramolecular Hbond substituents is 1. The molecule has 1 aliphatic heterocycles. The van der Waals surface area contributed by atoms with Gasteiger partial charge in [-0.3, -0.25) is 9.79 Å². The van der Waals surface area contributed by atoms with Gasteiger partial charge in [-0.05, 0) is 42.3 Å². The summed E-state index contributed by atoms with van der Waals surface area (Å²) in [7, 11) is 0. The van der Waals surface area contributed by atoms with Crippen molar-refractivity contribution in [2.24, 2.45) is 10.7 Å². The number of aromatic nitrogens is 1. The first-order chi connectivity index (χ1) is 14.4. The van der Waals surface area contributed by atoms with Gasteiger partial charge in [0.25, 0.3) is 0 Å². The second-order valence-corrected chi connectivity index (χ2v) is 8.81. The van der Waals surface area contributed by atoms with Crippen molar-refractivity contribution in [2.75, 3.05) is 11.1 Å². The molecular formula is C20H18N4O4S2. The zero-order chi connectivity index (χ0) is 21.3. The van der Waals surface area contributed by atoms with E-state index in [0.29, 0.717) is 27.9 Å². The third-order valence-corrected chi connectivity index (χ3v) is 6.71. The van der Waals surface area contributed by atoms with Gasteiger partial charge < -0.3 is 21.3 Å². The zero-order valence-corrected chi connectivity index (χ0v) is 17.2. The van der Waals surface area contributed by atoms with Crippen molar-refractivity contribution in [1.29, 1.82) is 0 Å². The van der Waals surface area contributed by atoms with Crippen LogP contribution in [0, 0.1) is 0 Å². The van der Waals surface area contributed by atoms with Gasteiger partial charge in [-0.1, -0.05) is 12.1 Å².